The van der Waals surface area contributed by atoms with Gasteiger partial charge in [-0.1, -0.05) is 258 Å². The number of hydrogen-bond acceptors (Lipinski definition) is 2. The first-order valence-electron chi connectivity index (χ1n) is 29.2. The molecule has 0 saturated carbocycles. The van der Waals surface area contributed by atoms with E-state index >= 15 is 0 Å². The van der Waals surface area contributed by atoms with Crippen LogP contribution in [-0.4, -0.2) is 0 Å². The summed E-state index contributed by atoms with van der Waals surface area (Å²) in [6.07, 6.45) is 21.6. The van der Waals surface area contributed by atoms with Crippen molar-refractivity contribution in [1.82, 2.24) is 0 Å². The topological polar surface area (TPSA) is 6.48 Å². The van der Waals surface area contributed by atoms with Crippen LogP contribution >= 0.6 is 0 Å². The van der Waals surface area contributed by atoms with E-state index < -0.39 is 0 Å². The molecule has 2 atom stereocenters. The number of anilines is 4. The lowest BCUT2D eigenvalue weighted by atomic mass is 9.74. The average molecular weight is 1050 g/mol. The molecule has 2 unspecified atom stereocenters. The van der Waals surface area contributed by atoms with Crippen LogP contribution in [0.5, 0.6) is 0 Å². The fourth-order valence-corrected chi connectivity index (χ4v) is 13.5. The van der Waals surface area contributed by atoms with Crippen LogP contribution in [0.15, 0.2) is 243 Å². The Morgan fingerprint density at radius 2 is 0.469 bits per heavy atom. The first kappa shape index (κ1) is 51.2. The van der Waals surface area contributed by atoms with Crippen LogP contribution in [0, 0.1) is 0 Å². The minimum atomic E-state index is -0.307. The van der Waals surface area contributed by atoms with Gasteiger partial charge in [-0.15, -0.1) is 0 Å². The van der Waals surface area contributed by atoms with Crippen molar-refractivity contribution in [2.45, 2.75) is 69.9 Å². The predicted octanol–water partition coefficient (Wildman–Crippen LogP) is 21.1. The Kier molecular flexibility index (Phi) is 13.5. The number of hydrogen-bond donors (Lipinski definition) is 0. The van der Waals surface area contributed by atoms with Crippen LogP contribution in [0.3, 0.4) is 0 Å². The van der Waals surface area contributed by atoms with E-state index in [1.54, 1.807) is 0 Å². The molecule has 2 nitrogen and oxygen atoms in total. The Balaban J connectivity index is 0.888. The summed E-state index contributed by atoms with van der Waals surface area (Å²) >= 11 is 0. The molecule has 0 aliphatic heterocycles. The van der Waals surface area contributed by atoms with Gasteiger partial charge in [0.2, 0.25) is 0 Å². The third-order valence-electron chi connectivity index (χ3n) is 18.0. The maximum Gasteiger partial charge on any atom is 0.0960 e. The third-order valence-corrected chi connectivity index (χ3v) is 18.0. The van der Waals surface area contributed by atoms with Crippen LogP contribution in [0.4, 0.5) is 22.7 Å². The molecule has 3 aliphatic carbocycles. The molecule has 0 N–H and O–H groups in total. The molecule has 394 valence electrons. The van der Waals surface area contributed by atoms with E-state index in [1.165, 1.54) is 112 Å². The number of nitrogens with zero attached hydrogens (tertiary/aromatic N) is 2. The van der Waals surface area contributed by atoms with Crippen molar-refractivity contribution in [2.75, 3.05) is 9.80 Å². The van der Waals surface area contributed by atoms with E-state index in [1.807, 2.05) is 0 Å². The molecule has 10 aromatic rings. The summed E-state index contributed by atoms with van der Waals surface area (Å²) in [5.74, 6) is 0. The monoisotopic (exact) mass is 1040 g/mol. The van der Waals surface area contributed by atoms with Gasteiger partial charge < -0.3 is 9.80 Å². The second-order valence-corrected chi connectivity index (χ2v) is 22.1. The molecule has 0 radical (unpaired) electrons. The summed E-state index contributed by atoms with van der Waals surface area (Å²) in [6, 6.07) is 89.6. The lowest BCUT2D eigenvalue weighted by Gasteiger charge is -2.35. The van der Waals surface area contributed by atoms with Crippen molar-refractivity contribution in [1.29, 1.82) is 0 Å². The summed E-state index contributed by atoms with van der Waals surface area (Å²) < 4.78 is 0. The summed E-state index contributed by atoms with van der Waals surface area (Å²) in [5.41, 5.74) is 25.0. The maximum absolute atomic E-state index is 2.64. The van der Waals surface area contributed by atoms with Gasteiger partial charge in [0.05, 0.1) is 11.1 Å². The smallest absolute Gasteiger partial charge is 0.0960 e. The molecule has 0 heterocycles. The van der Waals surface area contributed by atoms with E-state index in [0.717, 1.165) is 25.7 Å². The largest absolute Gasteiger partial charge is 0.327 e. The Morgan fingerprint density at radius 1 is 0.247 bits per heavy atom. The highest BCUT2D eigenvalue weighted by atomic mass is 15.3. The Hall–Kier alpha value is -9.24. The van der Waals surface area contributed by atoms with Gasteiger partial charge in [-0.3, -0.25) is 0 Å². The van der Waals surface area contributed by atoms with Crippen molar-refractivity contribution in [2.24, 2.45) is 0 Å². The van der Waals surface area contributed by atoms with Gasteiger partial charge in [0.1, 0.15) is 0 Å². The van der Waals surface area contributed by atoms with Crippen LogP contribution in [0.2, 0.25) is 0 Å². The molecule has 0 saturated heterocycles. The maximum atomic E-state index is 2.64. The van der Waals surface area contributed by atoms with E-state index in [2.05, 4.69) is 329 Å². The highest BCUT2D eigenvalue weighted by molar-refractivity contribution is 5.92. The highest BCUT2D eigenvalue weighted by Gasteiger charge is 2.59. The van der Waals surface area contributed by atoms with Gasteiger partial charge in [0.25, 0.3) is 0 Å². The van der Waals surface area contributed by atoms with Crippen molar-refractivity contribution in [3.8, 4) is 11.1 Å². The molecule has 2 heteroatoms. The summed E-state index contributed by atoms with van der Waals surface area (Å²) in [5, 5.41) is 0. The fourth-order valence-electron chi connectivity index (χ4n) is 13.5. The van der Waals surface area contributed by atoms with E-state index in [4.69, 9.17) is 0 Å². The molecule has 0 spiro atoms. The standard InChI is InChI=1S/C79H68N2/c1-5-77(6-2)71-55-75-73(78(75,7-3)80(65-45-37-61(38-46-65)33-29-57-21-13-9-14-22-57)66-47-39-62(40-48-66)34-30-58-23-15-10-16-24-58)53-69(71)70-54-74-76(56-72(70)77)79(74,8-4)81(67-49-41-63(42-50-67)35-31-59-25-17-11-18-26-59)68-51-43-64(44-52-68)36-32-60-27-19-12-20-28-60/h9-56H,5-8H2,1-4H3/b33-29+,34-30+,35-31+,36-32+. The highest BCUT2D eigenvalue weighted by Crippen LogP contribution is 2.67. The summed E-state index contributed by atoms with van der Waals surface area (Å²) in [4.78, 5) is 5.28. The molecule has 0 fully saturated rings. The molecule has 0 aromatic heterocycles. The van der Waals surface area contributed by atoms with E-state index in [-0.39, 0.29) is 16.5 Å². The van der Waals surface area contributed by atoms with Crippen LogP contribution in [0.1, 0.15) is 131 Å². The van der Waals surface area contributed by atoms with Crippen LogP contribution in [-0.2, 0) is 16.5 Å². The first-order chi connectivity index (χ1) is 39.9. The third kappa shape index (κ3) is 9.19. The minimum absolute atomic E-state index is 0.118. The molecule has 3 aliphatic rings. The van der Waals surface area contributed by atoms with Gasteiger partial charge in [-0.25, -0.2) is 0 Å². The van der Waals surface area contributed by atoms with E-state index in [0.29, 0.717) is 0 Å². The second-order valence-electron chi connectivity index (χ2n) is 22.1. The molecule has 13 rings (SSSR count). The molecular weight excluding hydrogens is 977 g/mol. The Labute approximate surface area is 480 Å². The molecule has 81 heavy (non-hydrogen) atoms. The molecule has 10 aromatic carbocycles. The number of rotatable bonds is 18. The second kappa shape index (κ2) is 21.4. The molecule has 0 bridgehead atoms. The van der Waals surface area contributed by atoms with E-state index in [9.17, 15) is 0 Å². The van der Waals surface area contributed by atoms with Gasteiger partial charge >= 0.3 is 0 Å². The van der Waals surface area contributed by atoms with Crippen molar-refractivity contribution < 1.29 is 0 Å². The quantitative estimate of drug-likeness (QED) is 0.0790. The minimum Gasteiger partial charge on any atom is -0.327 e. The van der Waals surface area contributed by atoms with Gasteiger partial charge in [-0.05, 0) is 175 Å². The first-order valence-corrected chi connectivity index (χ1v) is 29.2. The molecular formula is C79H68N2. The van der Waals surface area contributed by atoms with Crippen molar-refractivity contribution >= 4 is 71.4 Å². The Morgan fingerprint density at radius 3 is 0.691 bits per heavy atom. The zero-order chi connectivity index (χ0) is 55.0. The fraction of sp³-hybridized carbons (Fsp3) is 0.139. The zero-order valence-electron chi connectivity index (χ0n) is 46.9. The lowest BCUT2D eigenvalue weighted by Crippen LogP contribution is -2.32. The van der Waals surface area contributed by atoms with Crippen molar-refractivity contribution in [3.05, 3.63) is 321 Å². The number of benzene rings is 10. The van der Waals surface area contributed by atoms with Crippen LogP contribution in [0.25, 0.3) is 59.7 Å². The van der Waals surface area contributed by atoms with Crippen molar-refractivity contribution in [3.63, 3.8) is 0 Å². The van der Waals surface area contributed by atoms with Crippen LogP contribution < -0.4 is 9.80 Å². The summed E-state index contributed by atoms with van der Waals surface area (Å²) in [6.45, 7) is 9.60. The van der Waals surface area contributed by atoms with Gasteiger partial charge in [0, 0.05) is 28.2 Å². The molecule has 0 amide bonds. The average Bonchev–Trinajstić information content (AvgIpc) is 3.63. The normalized spacial score (nSPS) is 17.1. The summed E-state index contributed by atoms with van der Waals surface area (Å²) in [7, 11) is 0. The van der Waals surface area contributed by atoms with Gasteiger partial charge in [-0.2, -0.15) is 0 Å². The SMILES string of the molecule is CCC1(CC)c2cc3c(cc2-c2cc4c(cc21)C4(CC)N(c1ccc(/C=C/c2ccccc2)cc1)c1ccc(/C=C/c2ccccc2)cc1)C3(CC)N(c1ccc(/C=C/c2ccccc2)cc1)c1ccc(/C=C/c2ccccc2)cc1. The number of fused-ring (bicyclic) bond motifs is 5. The zero-order valence-corrected chi connectivity index (χ0v) is 46.9. The van der Waals surface area contributed by atoms with Gasteiger partial charge in [0.15, 0.2) is 0 Å². The Bertz CT molecular complexity index is 3530. The predicted molar refractivity (Wildman–Crippen MR) is 347 cm³/mol. The lowest BCUT2D eigenvalue weighted by molar-refractivity contribution is 0.489.